The molecule has 2 nitrogen and oxygen atoms in total. The number of allylic oxidation sites excluding steroid dienone is 2. The SMILES string of the molecule is C/C=C/CCCCC(CC)C(=O)Nc1cccc(Cl)c1. The van der Waals surface area contributed by atoms with Crippen LogP contribution in [0.4, 0.5) is 5.69 Å². The van der Waals surface area contributed by atoms with Gasteiger partial charge in [-0.25, -0.2) is 0 Å². The van der Waals surface area contributed by atoms with E-state index in [0.29, 0.717) is 5.02 Å². The second-order valence-corrected chi connectivity index (χ2v) is 5.39. The molecule has 1 N–H and O–H groups in total. The first-order chi connectivity index (χ1) is 9.67. The minimum absolute atomic E-state index is 0.0830. The summed E-state index contributed by atoms with van der Waals surface area (Å²) in [7, 11) is 0. The third-order valence-electron chi connectivity index (χ3n) is 3.36. The van der Waals surface area contributed by atoms with E-state index in [9.17, 15) is 4.79 Å². The van der Waals surface area contributed by atoms with Crippen molar-refractivity contribution in [3.05, 3.63) is 41.4 Å². The molecule has 0 fully saturated rings. The fraction of sp³-hybridized carbons (Fsp3) is 0.471. The molecule has 0 aliphatic heterocycles. The highest BCUT2D eigenvalue weighted by Crippen LogP contribution is 2.19. The van der Waals surface area contributed by atoms with Gasteiger partial charge in [-0.3, -0.25) is 4.79 Å². The summed E-state index contributed by atoms with van der Waals surface area (Å²) in [6.45, 7) is 4.10. The number of amides is 1. The van der Waals surface area contributed by atoms with Crippen LogP contribution in [0.2, 0.25) is 5.02 Å². The molecule has 0 aliphatic carbocycles. The van der Waals surface area contributed by atoms with Gasteiger partial charge in [-0.15, -0.1) is 0 Å². The minimum Gasteiger partial charge on any atom is -0.326 e. The van der Waals surface area contributed by atoms with Gasteiger partial charge in [0.2, 0.25) is 5.91 Å². The molecule has 1 unspecified atom stereocenters. The van der Waals surface area contributed by atoms with E-state index in [4.69, 9.17) is 11.6 Å². The maximum atomic E-state index is 12.2. The maximum Gasteiger partial charge on any atom is 0.227 e. The van der Waals surface area contributed by atoms with Gasteiger partial charge >= 0.3 is 0 Å². The third kappa shape index (κ3) is 6.25. The van der Waals surface area contributed by atoms with Crippen LogP contribution in [0.1, 0.15) is 46.0 Å². The van der Waals surface area contributed by atoms with Crippen molar-refractivity contribution in [2.24, 2.45) is 5.92 Å². The van der Waals surface area contributed by atoms with Crippen LogP contribution in [-0.2, 0) is 4.79 Å². The molecule has 0 bridgehead atoms. The van der Waals surface area contributed by atoms with Crippen molar-refractivity contribution >= 4 is 23.2 Å². The topological polar surface area (TPSA) is 29.1 Å². The second-order valence-electron chi connectivity index (χ2n) is 4.96. The van der Waals surface area contributed by atoms with Gasteiger partial charge in [0.15, 0.2) is 0 Å². The predicted octanol–water partition coefficient (Wildman–Crippen LogP) is 5.44. The lowest BCUT2D eigenvalue weighted by molar-refractivity contribution is -0.120. The molecule has 20 heavy (non-hydrogen) atoms. The van der Waals surface area contributed by atoms with Crippen molar-refractivity contribution in [1.29, 1.82) is 0 Å². The lowest BCUT2D eigenvalue weighted by atomic mass is 9.97. The quantitative estimate of drug-likeness (QED) is 0.502. The zero-order valence-electron chi connectivity index (χ0n) is 12.4. The molecule has 1 atom stereocenters. The molecular formula is C17H24ClNO. The first-order valence-corrected chi connectivity index (χ1v) is 7.72. The van der Waals surface area contributed by atoms with Crippen LogP contribution in [0.3, 0.4) is 0 Å². The van der Waals surface area contributed by atoms with Crippen LogP contribution >= 0.6 is 11.6 Å². The van der Waals surface area contributed by atoms with Gasteiger partial charge in [-0.2, -0.15) is 0 Å². The number of nitrogens with one attached hydrogen (secondary N) is 1. The summed E-state index contributed by atoms with van der Waals surface area (Å²) >= 11 is 5.92. The average molecular weight is 294 g/mol. The Kier molecular flexibility index (Phi) is 8.05. The Morgan fingerprint density at radius 2 is 2.20 bits per heavy atom. The van der Waals surface area contributed by atoms with Crippen molar-refractivity contribution < 1.29 is 4.79 Å². The number of anilines is 1. The Morgan fingerprint density at radius 1 is 1.40 bits per heavy atom. The van der Waals surface area contributed by atoms with E-state index in [1.807, 2.05) is 19.1 Å². The van der Waals surface area contributed by atoms with Crippen molar-refractivity contribution in [3.63, 3.8) is 0 Å². The second kappa shape index (κ2) is 9.60. The Morgan fingerprint density at radius 3 is 2.85 bits per heavy atom. The highest BCUT2D eigenvalue weighted by Gasteiger charge is 2.15. The van der Waals surface area contributed by atoms with Crippen molar-refractivity contribution in [3.8, 4) is 0 Å². The van der Waals surface area contributed by atoms with Gasteiger partial charge in [0.05, 0.1) is 0 Å². The molecule has 0 saturated heterocycles. The number of carbonyl (C=O) groups is 1. The summed E-state index contributed by atoms with van der Waals surface area (Å²) in [5.41, 5.74) is 0.773. The average Bonchev–Trinajstić information content (AvgIpc) is 2.42. The molecule has 0 aromatic heterocycles. The molecule has 1 rings (SSSR count). The molecule has 3 heteroatoms. The fourth-order valence-electron chi connectivity index (χ4n) is 2.15. The number of hydrogen-bond donors (Lipinski definition) is 1. The molecule has 1 amide bonds. The van der Waals surface area contributed by atoms with E-state index in [1.54, 1.807) is 12.1 Å². The molecule has 1 aromatic carbocycles. The van der Waals surface area contributed by atoms with E-state index in [2.05, 4.69) is 24.4 Å². The summed E-state index contributed by atoms with van der Waals surface area (Å²) in [5.74, 6) is 0.181. The molecular weight excluding hydrogens is 270 g/mol. The van der Waals surface area contributed by atoms with Gasteiger partial charge in [-0.05, 0) is 50.8 Å². The molecule has 0 saturated carbocycles. The largest absolute Gasteiger partial charge is 0.326 e. The lowest BCUT2D eigenvalue weighted by Crippen LogP contribution is -2.22. The van der Waals surface area contributed by atoms with Gasteiger partial charge in [0.1, 0.15) is 0 Å². The lowest BCUT2D eigenvalue weighted by Gasteiger charge is -2.15. The van der Waals surface area contributed by atoms with Gasteiger partial charge < -0.3 is 5.32 Å². The van der Waals surface area contributed by atoms with E-state index in [1.165, 1.54) is 0 Å². The highest BCUT2D eigenvalue weighted by atomic mass is 35.5. The summed E-state index contributed by atoms with van der Waals surface area (Å²) in [6.07, 6.45) is 9.40. The predicted molar refractivity (Wildman–Crippen MR) is 87.1 cm³/mol. The molecule has 1 aromatic rings. The Hall–Kier alpha value is -1.28. The molecule has 0 spiro atoms. The summed E-state index contributed by atoms with van der Waals surface area (Å²) in [4.78, 5) is 12.2. The first kappa shape index (κ1) is 16.8. The van der Waals surface area contributed by atoms with Crippen LogP contribution in [-0.4, -0.2) is 5.91 Å². The number of halogens is 1. The maximum absolute atomic E-state index is 12.2. The molecule has 0 aliphatic rings. The van der Waals surface area contributed by atoms with Crippen molar-refractivity contribution in [1.82, 2.24) is 0 Å². The van der Waals surface area contributed by atoms with E-state index in [0.717, 1.165) is 37.8 Å². The Balaban J connectivity index is 2.42. The normalized spacial score (nSPS) is 12.6. The van der Waals surface area contributed by atoms with E-state index < -0.39 is 0 Å². The Labute approximate surface area is 127 Å². The van der Waals surface area contributed by atoms with Gasteiger partial charge in [-0.1, -0.05) is 43.2 Å². The van der Waals surface area contributed by atoms with Crippen LogP contribution in [0.15, 0.2) is 36.4 Å². The highest BCUT2D eigenvalue weighted by molar-refractivity contribution is 6.30. The summed E-state index contributed by atoms with van der Waals surface area (Å²) in [6, 6.07) is 7.28. The molecule has 0 radical (unpaired) electrons. The zero-order valence-corrected chi connectivity index (χ0v) is 13.1. The molecule has 0 heterocycles. The van der Waals surface area contributed by atoms with E-state index >= 15 is 0 Å². The fourth-order valence-corrected chi connectivity index (χ4v) is 2.34. The Bertz CT molecular complexity index is 442. The zero-order chi connectivity index (χ0) is 14.8. The smallest absolute Gasteiger partial charge is 0.227 e. The summed E-state index contributed by atoms with van der Waals surface area (Å²) in [5, 5.41) is 3.59. The van der Waals surface area contributed by atoms with Crippen LogP contribution < -0.4 is 5.32 Å². The number of rotatable bonds is 8. The van der Waals surface area contributed by atoms with Gasteiger partial charge in [0.25, 0.3) is 0 Å². The van der Waals surface area contributed by atoms with Crippen LogP contribution in [0.25, 0.3) is 0 Å². The summed E-state index contributed by atoms with van der Waals surface area (Å²) < 4.78 is 0. The third-order valence-corrected chi connectivity index (χ3v) is 3.60. The molecule has 110 valence electrons. The number of unbranched alkanes of at least 4 members (excludes halogenated alkanes) is 2. The van der Waals surface area contributed by atoms with Crippen LogP contribution in [0.5, 0.6) is 0 Å². The monoisotopic (exact) mass is 293 g/mol. The minimum atomic E-state index is 0.0830. The van der Waals surface area contributed by atoms with Crippen molar-refractivity contribution in [2.45, 2.75) is 46.0 Å². The van der Waals surface area contributed by atoms with E-state index in [-0.39, 0.29) is 11.8 Å². The van der Waals surface area contributed by atoms with Gasteiger partial charge in [0, 0.05) is 16.6 Å². The number of carbonyl (C=O) groups excluding carboxylic acids is 1. The number of benzene rings is 1. The first-order valence-electron chi connectivity index (χ1n) is 7.35. The standard InChI is InChI=1S/C17H24ClNO/c1-3-5-6-7-8-10-14(4-2)17(20)19-16-12-9-11-15(18)13-16/h3,5,9,11-14H,4,6-8,10H2,1-2H3,(H,19,20)/b5-3+. The van der Waals surface area contributed by atoms with Crippen LogP contribution in [0, 0.1) is 5.92 Å². The van der Waals surface area contributed by atoms with Crippen molar-refractivity contribution in [2.75, 3.05) is 5.32 Å². The number of hydrogen-bond acceptors (Lipinski definition) is 1.